The summed E-state index contributed by atoms with van der Waals surface area (Å²) in [7, 11) is 3.07. The predicted molar refractivity (Wildman–Crippen MR) is 69.3 cm³/mol. The van der Waals surface area contributed by atoms with E-state index in [0.717, 1.165) is 17.5 Å². The van der Waals surface area contributed by atoms with Gasteiger partial charge in [-0.3, -0.25) is 0 Å². The van der Waals surface area contributed by atoms with Gasteiger partial charge in [0.05, 0.1) is 14.2 Å². The maximum Gasteiger partial charge on any atom is 0.389 e. The summed E-state index contributed by atoms with van der Waals surface area (Å²) in [5.74, 6) is 1.16. The lowest BCUT2D eigenvalue weighted by molar-refractivity contribution is -0.136. The zero-order valence-corrected chi connectivity index (χ0v) is 11.5. The van der Waals surface area contributed by atoms with E-state index in [2.05, 4.69) is 5.32 Å². The maximum atomic E-state index is 12.4. The molecule has 0 radical (unpaired) electrons. The first-order valence-corrected chi connectivity index (χ1v) is 6.49. The fraction of sp³-hybridized carbons (Fsp3) is 0.571. The van der Waals surface area contributed by atoms with Gasteiger partial charge in [0.2, 0.25) is 0 Å². The molecule has 1 unspecified atom stereocenters. The standard InChI is InChI=1S/C14H18F3NO2/c1-19-12-7-9-4-6-18-11(3-5-14(15,16)17)10(9)8-13(12)20-2/h7-8,11,18H,3-6H2,1-2H3. The van der Waals surface area contributed by atoms with E-state index in [-0.39, 0.29) is 12.5 Å². The number of nitrogens with one attached hydrogen (secondary N) is 1. The van der Waals surface area contributed by atoms with Crippen LogP contribution in [0.25, 0.3) is 0 Å². The monoisotopic (exact) mass is 289 g/mol. The summed E-state index contributed by atoms with van der Waals surface area (Å²) in [5, 5.41) is 3.14. The van der Waals surface area contributed by atoms with Gasteiger partial charge in [-0.1, -0.05) is 0 Å². The van der Waals surface area contributed by atoms with E-state index in [1.165, 1.54) is 7.11 Å². The number of fused-ring (bicyclic) bond motifs is 1. The highest BCUT2D eigenvalue weighted by molar-refractivity contribution is 5.49. The molecule has 1 aromatic carbocycles. The van der Waals surface area contributed by atoms with Crippen molar-refractivity contribution in [3.8, 4) is 11.5 Å². The van der Waals surface area contributed by atoms with Crippen LogP contribution in [0.3, 0.4) is 0 Å². The van der Waals surface area contributed by atoms with Gasteiger partial charge < -0.3 is 14.8 Å². The van der Waals surface area contributed by atoms with Gasteiger partial charge in [0, 0.05) is 12.5 Å². The molecule has 2 rings (SSSR count). The zero-order valence-electron chi connectivity index (χ0n) is 11.5. The Balaban J connectivity index is 2.25. The minimum Gasteiger partial charge on any atom is -0.493 e. The molecule has 0 saturated carbocycles. The highest BCUT2D eigenvalue weighted by Gasteiger charge is 2.30. The molecule has 3 nitrogen and oxygen atoms in total. The highest BCUT2D eigenvalue weighted by atomic mass is 19.4. The number of methoxy groups -OCH3 is 2. The van der Waals surface area contributed by atoms with Crippen molar-refractivity contribution in [3.05, 3.63) is 23.3 Å². The first-order valence-electron chi connectivity index (χ1n) is 6.49. The van der Waals surface area contributed by atoms with Gasteiger partial charge in [0.15, 0.2) is 11.5 Å². The quantitative estimate of drug-likeness (QED) is 0.923. The number of halogens is 3. The minimum absolute atomic E-state index is 0.0337. The lowest BCUT2D eigenvalue weighted by Crippen LogP contribution is -2.30. The van der Waals surface area contributed by atoms with Crippen LogP contribution in [0.2, 0.25) is 0 Å². The van der Waals surface area contributed by atoms with Crippen LogP contribution in [-0.4, -0.2) is 26.9 Å². The van der Waals surface area contributed by atoms with Gasteiger partial charge in [-0.15, -0.1) is 0 Å². The van der Waals surface area contributed by atoms with Gasteiger partial charge in [-0.05, 0) is 42.6 Å². The lowest BCUT2D eigenvalue weighted by Gasteiger charge is -2.28. The Morgan fingerprint density at radius 1 is 1.20 bits per heavy atom. The second-order valence-electron chi connectivity index (χ2n) is 4.82. The lowest BCUT2D eigenvalue weighted by atomic mass is 9.91. The molecule has 20 heavy (non-hydrogen) atoms. The van der Waals surface area contributed by atoms with Crippen molar-refractivity contribution in [2.24, 2.45) is 0 Å². The van der Waals surface area contributed by atoms with Crippen molar-refractivity contribution in [1.82, 2.24) is 5.32 Å². The molecule has 0 aliphatic carbocycles. The molecule has 1 heterocycles. The average molecular weight is 289 g/mol. The fourth-order valence-corrected chi connectivity index (χ4v) is 2.53. The SMILES string of the molecule is COc1cc2c(cc1OC)C(CCC(F)(F)F)NCC2. The molecule has 1 aliphatic heterocycles. The minimum atomic E-state index is -4.13. The van der Waals surface area contributed by atoms with Crippen LogP contribution in [-0.2, 0) is 6.42 Å². The van der Waals surface area contributed by atoms with Crippen LogP contribution in [0, 0.1) is 0 Å². The smallest absolute Gasteiger partial charge is 0.389 e. The van der Waals surface area contributed by atoms with Crippen molar-refractivity contribution in [3.63, 3.8) is 0 Å². The van der Waals surface area contributed by atoms with Crippen LogP contribution in [0.5, 0.6) is 11.5 Å². The van der Waals surface area contributed by atoms with E-state index < -0.39 is 12.6 Å². The second-order valence-corrected chi connectivity index (χ2v) is 4.82. The van der Waals surface area contributed by atoms with Crippen molar-refractivity contribution >= 4 is 0 Å². The normalized spacial score (nSPS) is 18.6. The number of rotatable bonds is 4. The third-order valence-electron chi connectivity index (χ3n) is 3.52. The molecule has 1 aromatic rings. The average Bonchev–Trinajstić information content (AvgIpc) is 2.42. The molecule has 1 aliphatic rings. The van der Waals surface area contributed by atoms with E-state index >= 15 is 0 Å². The molecule has 112 valence electrons. The van der Waals surface area contributed by atoms with E-state index in [9.17, 15) is 13.2 Å². The fourth-order valence-electron chi connectivity index (χ4n) is 2.53. The molecule has 0 amide bonds. The number of benzene rings is 1. The summed E-state index contributed by atoms with van der Waals surface area (Å²) >= 11 is 0. The number of hydrogen-bond donors (Lipinski definition) is 1. The molecule has 0 fully saturated rings. The molecule has 0 bridgehead atoms. The molecule has 0 saturated heterocycles. The number of alkyl halides is 3. The van der Waals surface area contributed by atoms with Crippen molar-refractivity contribution in [2.45, 2.75) is 31.5 Å². The largest absolute Gasteiger partial charge is 0.493 e. The van der Waals surface area contributed by atoms with E-state index in [1.54, 1.807) is 13.2 Å². The van der Waals surface area contributed by atoms with E-state index in [4.69, 9.17) is 9.47 Å². The Kier molecular flexibility index (Phi) is 4.42. The van der Waals surface area contributed by atoms with Gasteiger partial charge in [-0.25, -0.2) is 0 Å². The topological polar surface area (TPSA) is 30.5 Å². The zero-order chi connectivity index (χ0) is 14.8. The van der Waals surface area contributed by atoms with Crippen molar-refractivity contribution in [1.29, 1.82) is 0 Å². The van der Waals surface area contributed by atoms with Crippen LogP contribution in [0.15, 0.2) is 12.1 Å². The Labute approximate surface area is 116 Å². The predicted octanol–water partition coefficient (Wildman–Crippen LogP) is 3.23. The Morgan fingerprint density at radius 3 is 2.45 bits per heavy atom. The molecule has 6 heteroatoms. The third-order valence-corrected chi connectivity index (χ3v) is 3.52. The Morgan fingerprint density at radius 2 is 1.85 bits per heavy atom. The second kappa shape index (κ2) is 5.91. The number of ether oxygens (including phenoxy) is 2. The summed E-state index contributed by atoms with van der Waals surface area (Å²) in [6.07, 6.45) is -4.11. The van der Waals surface area contributed by atoms with Crippen LogP contribution in [0.1, 0.15) is 30.0 Å². The summed E-state index contributed by atoms with van der Waals surface area (Å²) in [4.78, 5) is 0. The Bertz CT molecular complexity index is 474. The summed E-state index contributed by atoms with van der Waals surface area (Å²) in [6, 6.07) is 3.34. The molecule has 1 atom stereocenters. The maximum absolute atomic E-state index is 12.4. The summed E-state index contributed by atoms with van der Waals surface area (Å²) in [5.41, 5.74) is 1.90. The van der Waals surface area contributed by atoms with E-state index in [0.29, 0.717) is 18.0 Å². The Hall–Kier alpha value is -1.43. The molecular weight excluding hydrogens is 271 g/mol. The highest BCUT2D eigenvalue weighted by Crippen LogP contribution is 2.37. The molecule has 0 aromatic heterocycles. The molecular formula is C14H18F3NO2. The summed E-state index contributed by atoms with van der Waals surface area (Å²) in [6.45, 7) is 0.672. The molecule has 0 spiro atoms. The van der Waals surface area contributed by atoms with Gasteiger partial charge in [-0.2, -0.15) is 13.2 Å². The first-order chi connectivity index (χ1) is 9.44. The first kappa shape index (κ1) is 15.0. The van der Waals surface area contributed by atoms with Gasteiger partial charge in [0.1, 0.15) is 0 Å². The van der Waals surface area contributed by atoms with Gasteiger partial charge in [0.25, 0.3) is 0 Å². The van der Waals surface area contributed by atoms with Crippen molar-refractivity contribution < 1.29 is 22.6 Å². The molecule has 1 N–H and O–H groups in total. The summed E-state index contributed by atoms with van der Waals surface area (Å²) < 4.78 is 47.6. The van der Waals surface area contributed by atoms with Crippen LogP contribution in [0.4, 0.5) is 13.2 Å². The number of hydrogen-bond acceptors (Lipinski definition) is 3. The van der Waals surface area contributed by atoms with Crippen LogP contribution >= 0.6 is 0 Å². The van der Waals surface area contributed by atoms with E-state index in [1.807, 2.05) is 6.07 Å². The van der Waals surface area contributed by atoms with Crippen molar-refractivity contribution in [2.75, 3.05) is 20.8 Å². The van der Waals surface area contributed by atoms with Gasteiger partial charge >= 0.3 is 6.18 Å². The third kappa shape index (κ3) is 3.36. The van der Waals surface area contributed by atoms with Crippen LogP contribution < -0.4 is 14.8 Å².